The summed E-state index contributed by atoms with van der Waals surface area (Å²) in [5, 5.41) is 19.3. The van der Waals surface area contributed by atoms with Crippen molar-refractivity contribution >= 4 is 35.0 Å². The topological polar surface area (TPSA) is 80.3 Å². The van der Waals surface area contributed by atoms with Gasteiger partial charge in [0.2, 0.25) is 0 Å². The Morgan fingerprint density at radius 3 is 1.20 bits per heavy atom. The molecule has 0 saturated heterocycles. The summed E-state index contributed by atoms with van der Waals surface area (Å²) in [4.78, 5) is 19.3. The Morgan fingerprint density at radius 2 is 1.13 bits per heavy atom. The van der Waals surface area contributed by atoms with E-state index < -0.39 is 11.9 Å². The second-order valence-electron chi connectivity index (χ2n) is 2.95. The molecule has 0 aliphatic rings. The summed E-state index contributed by atoms with van der Waals surface area (Å²) in [7, 11) is 0. The van der Waals surface area contributed by atoms with Crippen LogP contribution in [-0.2, 0) is 9.59 Å². The number of carbonyl (C=O) groups excluding carboxylic acids is 2. The Balaban J connectivity index is -0.000000180. The normalized spacial score (nSPS) is 8.13. The predicted octanol–water partition coefficient (Wildman–Crippen LogP) is -0.528. The molecule has 0 aliphatic carbocycles. The number of aliphatic carboxylic acids is 2. The first kappa shape index (κ1) is 20.2. The van der Waals surface area contributed by atoms with Crippen LogP contribution >= 0.6 is 0 Å². The molecule has 5 heteroatoms. The van der Waals surface area contributed by atoms with Gasteiger partial charge in [0, 0.05) is 11.9 Å². The van der Waals surface area contributed by atoms with Gasteiger partial charge in [0.05, 0.1) is 0 Å². The van der Waals surface area contributed by atoms with Crippen LogP contribution in [-0.4, -0.2) is 35.0 Å². The van der Waals surface area contributed by atoms with Gasteiger partial charge in [-0.15, -0.1) is 0 Å². The zero-order chi connectivity index (χ0) is 11.4. The molecule has 4 nitrogen and oxygen atoms in total. The minimum absolute atomic E-state index is 0. The number of hydrogen-bond acceptors (Lipinski definition) is 4. The molecule has 84 valence electrons. The molecule has 0 saturated carbocycles. The largest absolute Gasteiger partial charge is 2.00 e. The van der Waals surface area contributed by atoms with Gasteiger partial charge >= 0.3 is 23.1 Å². The second kappa shape index (κ2) is 16.1. The fraction of sp³-hybridized carbons (Fsp3) is 0.800. The number of carboxylic acids is 2. The van der Waals surface area contributed by atoms with Crippen molar-refractivity contribution in [3.8, 4) is 0 Å². The first-order valence-corrected chi connectivity index (χ1v) is 4.94. The first-order chi connectivity index (χ1) is 6.54. The molecule has 0 fully saturated rings. The molecular weight excluding hydrogens is 208 g/mol. The standard InChI is InChI=1S/2C5H10O2.Mg/c2*1-2-3-4-5(6)7;/h2*2-4H2,1H3,(H,6,7);/q;;+2/p-2. The van der Waals surface area contributed by atoms with Crippen molar-refractivity contribution in [2.75, 3.05) is 0 Å². The quantitative estimate of drug-likeness (QED) is 0.571. The van der Waals surface area contributed by atoms with Crippen LogP contribution in [0.25, 0.3) is 0 Å². The molecule has 0 rings (SSSR count). The summed E-state index contributed by atoms with van der Waals surface area (Å²) in [5.74, 6) is -1.89. The van der Waals surface area contributed by atoms with Crippen LogP contribution < -0.4 is 10.2 Å². The van der Waals surface area contributed by atoms with Gasteiger partial charge in [0.15, 0.2) is 0 Å². The Morgan fingerprint density at radius 1 is 0.867 bits per heavy atom. The van der Waals surface area contributed by atoms with Crippen LogP contribution in [0, 0.1) is 0 Å². The predicted molar refractivity (Wildman–Crippen MR) is 54.8 cm³/mol. The molecule has 0 atom stereocenters. The van der Waals surface area contributed by atoms with Gasteiger partial charge in [0.25, 0.3) is 0 Å². The van der Waals surface area contributed by atoms with E-state index in [0.29, 0.717) is 0 Å². The molecule has 15 heavy (non-hydrogen) atoms. The number of carbonyl (C=O) groups is 2. The molecule has 0 aromatic heterocycles. The summed E-state index contributed by atoms with van der Waals surface area (Å²) in [6.07, 6.45) is 3.74. The summed E-state index contributed by atoms with van der Waals surface area (Å²) in [6, 6.07) is 0. The Kier molecular flexibility index (Phi) is 21.7. The van der Waals surface area contributed by atoms with Crippen LogP contribution in [0.1, 0.15) is 52.4 Å². The molecule has 0 heterocycles. The van der Waals surface area contributed by atoms with Crippen molar-refractivity contribution in [1.82, 2.24) is 0 Å². The molecule has 0 aromatic rings. The van der Waals surface area contributed by atoms with Crippen LogP contribution in [0.5, 0.6) is 0 Å². The zero-order valence-corrected chi connectivity index (χ0v) is 11.0. The van der Waals surface area contributed by atoms with Crippen LogP contribution in [0.4, 0.5) is 0 Å². The van der Waals surface area contributed by atoms with Gasteiger partial charge in [-0.25, -0.2) is 0 Å². The average Bonchev–Trinajstić information content (AvgIpc) is 2.12. The van der Waals surface area contributed by atoms with Gasteiger partial charge in [-0.1, -0.05) is 26.7 Å². The maximum absolute atomic E-state index is 9.65. The molecule has 0 amide bonds. The van der Waals surface area contributed by atoms with E-state index in [0.717, 1.165) is 25.7 Å². The average molecular weight is 227 g/mol. The molecule has 0 spiro atoms. The third-order valence-electron chi connectivity index (χ3n) is 1.47. The molecule has 0 aliphatic heterocycles. The molecule has 0 bridgehead atoms. The van der Waals surface area contributed by atoms with E-state index in [-0.39, 0.29) is 35.9 Å². The molecule has 0 N–H and O–H groups in total. The van der Waals surface area contributed by atoms with E-state index in [1.807, 2.05) is 13.8 Å². The third kappa shape index (κ3) is 31.6. The molecule has 0 unspecified atom stereocenters. The Bertz CT molecular complexity index is 142. The monoisotopic (exact) mass is 226 g/mol. The van der Waals surface area contributed by atoms with E-state index in [2.05, 4.69) is 0 Å². The minimum Gasteiger partial charge on any atom is -0.550 e. The third-order valence-corrected chi connectivity index (χ3v) is 1.47. The van der Waals surface area contributed by atoms with Crippen molar-refractivity contribution < 1.29 is 19.8 Å². The van der Waals surface area contributed by atoms with Crippen molar-refractivity contribution in [3.63, 3.8) is 0 Å². The molecule has 0 aromatic carbocycles. The van der Waals surface area contributed by atoms with E-state index in [4.69, 9.17) is 0 Å². The fourth-order valence-corrected chi connectivity index (χ4v) is 0.642. The van der Waals surface area contributed by atoms with Gasteiger partial charge in [-0.05, 0) is 25.7 Å². The van der Waals surface area contributed by atoms with Crippen molar-refractivity contribution in [3.05, 3.63) is 0 Å². The van der Waals surface area contributed by atoms with E-state index in [9.17, 15) is 19.8 Å². The van der Waals surface area contributed by atoms with Gasteiger partial charge < -0.3 is 19.8 Å². The van der Waals surface area contributed by atoms with Crippen molar-refractivity contribution in [2.45, 2.75) is 52.4 Å². The van der Waals surface area contributed by atoms with Crippen LogP contribution in [0.2, 0.25) is 0 Å². The summed E-state index contributed by atoms with van der Waals surface area (Å²) < 4.78 is 0. The first-order valence-electron chi connectivity index (χ1n) is 4.94. The van der Waals surface area contributed by atoms with Gasteiger partial charge in [-0.2, -0.15) is 0 Å². The van der Waals surface area contributed by atoms with Crippen LogP contribution in [0.3, 0.4) is 0 Å². The number of rotatable bonds is 6. The van der Waals surface area contributed by atoms with Gasteiger partial charge in [-0.3, -0.25) is 0 Å². The Labute approximate surface area is 107 Å². The van der Waals surface area contributed by atoms with Crippen LogP contribution in [0.15, 0.2) is 0 Å². The van der Waals surface area contributed by atoms with E-state index in [1.54, 1.807) is 0 Å². The number of hydrogen-bond donors (Lipinski definition) is 0. The van der Waals surface area contributed by atoms with Gasteiger partial charge in [0.1, 0.15) is 0 Å². The van der Waals surface area contributed by atoms with E-state index in [1.165, 1.54) is 0 Å². The van der Waals surface area contributed by atoms with Crippen molar-refractivity contribution in [1.29, 1.82) is 0 Å². The van der Waals surface area contributed by atoms with E-state index >= 15 is 0 Å². The summed E-state index contributed by atoms with van der Waals surface area (Å²) in [6.45, 7) is 3.89. The zero-order valence-electron chi connectivity index (χ0n) is 9.58. The summed E-state index contributed by atoms with van der Waals surface area (Å²) >= 11 is 0. The molecular formula is C10H18MgO4. The SMILES string of the molecule is CCCCC(=O)[O-].CCCCC(=O)[O-].[Mg+2]. The minimum atomic E-state index is -0.943. The maximum Gasteiger partial charge on any atom is 2.00 e. The fourth-order valence-electron chi connectivity index (χ4n) is 0.642. The Hall–Kier alpha value is -0.294. The van der Waals surface area contributed by atoms with Crippen molar-refractivity contribution in [2.24, 2.45) is 0 Å². The second-order valence-corrected chi connectivity index (χ2v) is 2.95. The summed E-state index contributed by atoms with van der Waals surface area (Å²) in [5.41, 5.74) is 0. The number of unbranched alkanes of at least 4 members (excludes halogenated alkanes) is 2. The smallest absolute Gasteiger partial charge is 0.550 e. The number of carboxylic acid groups (broad SMARTS) is 2. The molecule has 0 radical (unpaired) electrons. The maximum atomic E-state index is 9.65.